The van der Waals surface area contributed by atoms with Gasteiger partial charge >= 0.3 is 5.97 Å². The van der Waals surface area contributed by atoms with Gasteiger partial charge in [0, 0.05) is 34.1 Å². The molecule has 2 N–H and O–H groups in total. The summed E-state index contributed by atoms with van der Waals surface area (Å²) in [6, 6.07) is 7.31. The second kappa shape index (κ2) is 13.9. The molecule has 0 fully saturated rings. The first-order chi connectivity index (χ1) is 19.3. The molecule has 4 rings (SSSR count). The van der Waals surface area contributed by atoms with Crippen LogP contribution in [0.5, 0.6) is 0 Å². The zero-order chi connectivity index (χ0) is 28.6. The lowest BCUT2D eigenvalue weighted by Gasteiger charge is -2.18. The van der Waals surface area contributed by atoms with Crippen LogP contribution in [0.15, 0.2) is 41.2 Å². The van der Waals surface area contributed by atoms with Gasteiger partial charge in [0.05, 0.1) is 22.7 Å². The van der Waals surface area contributed by atoms with Gasteiger partial charge in [-0.3, -0.25) is 9.59 Å². The van der Waals surface area contributed by atoms with Crippen LogP contribution in [-0.2, 0) is 6.54 Å². The third kappa shape index (κ3) is 6.74. The fraction of sp³-hybridized carbons (Fsp3) is 0.469. The maximum Gasteiger partial charge on any atom is 0.336 e. The van der Waals surface area contributed by atoms with Gasteiger partial charge in [0.15, 0.2) is 0 Å². The van der Waals surface area contributed by atoms with Crippen LogP contribution in [0.25, 0.3) is 10.9 Å². The highest BCUT2D eigenvalue weighted by molar-refractivity contribution is 6.31. The number of nitrogens with zero attached hydrogens (tertiary/aromatic N) is 1. The lowest BCUT2D eigenvalue weighted by molar-refractivity contribution is 0.0695. The van der Waals surface area contributed by atoms with Gasteiger partial charge in [0.25, 0.3) is 11.5 Å². The number of carbonyl (C=O) groups is 2. The van der Waals surface area contributed by atoms with Crippen molar-refractivity contribution in [1.29, 1.82) is 0 Å². The summed E-state index contributed by atoms with van der Waals surface area (Å²) >= 11 is 6.32. The largest absolute Gasteiger partial charge is 0.478 e. The fourth-order valence-corrected chi connectivity index (χ4v) is 5.99. The molecule has 214 valence electrons. The van der Waals surface area contributed by atoms with Gasteiger partial charge in [-0.15, -0.1) is 0 Å². The Morgan fingerprint density at radius 3 is 2.17 bits per heavy atom. The summed E-state index contributed by atoms with van der Waals surface area (Å²) in [5, 5.41) is 13.6. The molecule has 0 aliphatic carbocycles. The van der Waals surface area contributed by atoms with E-state index in [-0.39, 0.29) is 32.8 Å². The summed E-state index contributed by atoms with van der Waals surface area (Å²) in [6.45, 7) is 2.67. The van der Waals surface area contributed by atoms with Crippen molar-refractivity contribution in [3.8, 4) is 0 Å². The Morgan fingerprint density at radius 1 is 0.925 bits per heavy atom. The molecule has 1 aliphatic rings. The first-order valence-corrected chi connectivity index (χ1v) is 14.9. The number of unbranched alkanes of at least 4 members (excludes halogenated alkanes) is 11. The third-order valence-corrected chi connectivity index (χ3v) is 8.21. The van der Waals surface area contributed by atoms with Gasteiger partial charge in [-0.2, -0.15) is 0 Å². The van der Waals surface area contributed by atoms with Crippen LogP contribution in [0.2, 0.25) is 5.02 Å². The Morgan fingerprint density at radius 2 is 1.55 bits per heavy atom. The zero-order valence-corrected chi connectivity index (χ0v) is 23.9. The SMILES string of the molecule is CCCCCCCCCCCCCCn1c(=O)ccc2c3c(c(C(=O)O)cc21)C(c1cc(F)ccc1Cl)NC3=O. The van der Waals surface area contributed by atoms with Crippen LogP contribution >= 0.6 is 11.6 Å². The van der Waals surface area contributed by atoms with Crippen molar-refractivity contribution >= 4 is 34.4 Å². The van der Waals surface area contributed by atoms with Crippen molar-refractivity contribution in [3.05, 3.63) is 79.8 Å². The number of amides is 1. The van der Waals surface area contributed by atoms with Crippen LogP contribution in [0.3, 0.4) is 0 Å². The number of rotatable bonds is 15. The van der Waals surface area contributed by atoms with E-state index in [1.54, 1.807) is 10.6 Å². The summed E-state index contributed by atoms with van der Waals surface area (Å²) < 4.78 is 15.6. The summed E-state index contributed by atoms with van der Waals surface area (Å²) in [4.78, 5) is 38.4. The molecule has 1 unspecified atom stereocenters. The number of pyridine rings is 1. The normalized spacial score (nSPS) is 14.5. The van der Waals surface area contributed by atoms with Gasteiger partial charge in [0.1, 0.15) is 5.82 Å². The minimum Gasteiger partial charge on any atom is -0.478 e. The Bertz CT molecular complexity index is 1430. The Hall–Kier alpha value is -3.19. The first-order valence-electron chi connectivity index (χ1n) is 14.5. The van der Waals surface area contributed by atoms with E-state index >= 15 is 0 Å². The van der Waals surface area contributed by atoms with Crippen LogP contribution < -0.4 is 10.9 Å². The van der Waals surface area contributed by atoms with Gasteiger partial charge in [-0.05, 0) is 36.8 Å². The standard InChI is InChI=1S/C32H38ClFN2O4/c1-2-3-4-5-6-7-8-9-10-11-12-13-18-36-26-20-24(32(39)40)28-29(22(26)15-17-27(36)37)31(38)35-30(28)23-19-21(34)14-16-25(23)33/h14-17,19-20,30H,2-13,18H2,1H3,(H,35,38)(H,39,40). The maximum absolute atomic E-state index is 14.1. The highest BCUT2D eigenvalue weighted by Gasteiger charge is 2.37. The molecule has 2 aromatic carbocycles. The molecule has 1 atom stereocenters. The molecule has 40 heavy (non-hydrogen) atoms. The van der Waals surface area contributed by atoms with Crippen LogP contribution in [0, 0.1) is 5.82 Å². The molecule has 0 bridgehead atoms. The first kappa shape index (κ1) is 29.8. The number of aromatic carboxylic acids is 1. The number of hydrogen-bond donors (Lipinski definition) is 2. The van der Waals surface area contributed by atoms with Crippen molar-refractivity contribution < 1.29 is 19.1 Å². The second-order valence-corrected chi connectivity index (χ2v) is 11.1. The molecule has 1 aliphatic heterocycles. The van der Waals surface area contributed by atoms with Crippen molar-refractivity contribution in [2.24, 2.45) is 0 Å². The van der Waals surface area contributed by atoms with Gasteiger partial charge in [-0.25, -0.2) is 9.18 Å². The monoisotopic (exact) mass is 568 g/mol. The zero-order valence-electron chi connectivity index (χ0n) is 23.1. The predicted molar refractivity (Wildman–Crippen MR) is 157 cm³/mol. The summed E-state index contributed by atoms with van der Waals surface area (Å²) in [6.07, 6.45) is 14.4. The van der Waals surface area contributed by atoms with Gasteiger partial charge < -0.3 is 15.0 Å². The van der Waals surface area contributed by atoms with E-state index in [1.165, 1.54) is 88.1 Å². The number of aromatic nitrogens is 1. The van der Waals surface area contributed by atoms with Gasteiger partial charge in [-0.1, -0.05) is 89.2 Å². The number of benzene rings is 2. The molecule has 2 heterocycles. The average Bonchev–Trinajstić information content (AvgIpc) is 3.28. The van der Waals surface area contributed by atoms with E-state index in [4.69, 9.17) is 11.6 Å². The highest BCUT2D eigenvalue weighted by Crippen LogP contribution is 2.40. The topological polar surface area (TPSA) is 88.4 Å². The number of carboxylic acids is 1. The summed E-state index contributed by atoms with van der Waals surface area (Å²) in [7, 11) is 0. The minimum absolute atomic E-state index is 0.111. The van der Waals surface area contributed by atoms with E-state index in [0.29, 0.717) is 17.4 Å². The third-order valence-electron chi connectivity index (χ3n) is 7.86. The average molecular weight is 569 g/mol. The van der Waals surface area contributed by atoms with Crippen molar-refractivity contribution in [3.63, 3.8) is 0 Å². The van der Waals surface area contributed by atoms with E-state index < -0.39 is 23.7 Å². The molecule has 1 aromatic heterocycles. The summed E-state index contributed by atoms with van der Waals surface area (Å²) in [5.41, 5.74) is 0.750. The van der Waals surface area contributed by atoms with E-state index in [0.717, 1.165) is 19.3 Å². The lowest BCUT2D eigenvalue weighted by atomic mass is 9.91. The molecule has 3 aromatic rings. The van der Waals surface area contributed by atoms with E-state index in [1.807, 2.05) is 0 Å². The molecular weight excluding hydrogens is 531 g/mol. The van der Waals surface area contributed by atoms with Crippen LogP contribution in [0.4, 0.5) is 4.39 Å². The van der Waals surface area contributed by atoms with E-state index in [2.05, 4.69) is 12.2 Å². The molecule has 8 heteroatoms. The predicted octanol–water partition coefficient (Wildman–Crippen LogP) is 8.03. The molecule has 0 saturated heterocycles. The van der Waals surface area contributed by atoms with Crippen LogP contribution in [0.1, 0.15) is 122 Å². The Kier molecular flexibility index (Phi) is 10.4. The number of carboxylic acid groups (broad SMARTS) is 1. The number of fused-ring (bicyclic) bond motifs is 3. The molecule has 1 amide bonds. The number of nitrogens with one attached hydrogen (secondary N) is 1. The number of hydrogen-bond acceptors (Lipinski definition) is 3. The maximum atomic E-state index is 14.1. The van der Waals surface area contributed by atoms with Crippen molar-refractivity contribution in [2.75, 3.05) is 0 Å². The molecule has 0 radical (unpaired) electrons. The molecule has 0 spiro atoms. The second-order valence-electron chi connectivity index (χ2n) is 10.7. The van der Waals surface area contributed by atoms with Crippen molar-refractivity contribution in [2.45, 2.75) is 96.6 Å². The number of halogens is 2. The fourth-order valence-electron chi connectivity index (χ4n) is 5.76. The molecule has 6 nitrogen and oxygen atoms in total. The Labute approximate surface area is 239 Å². The Balaban J connectivity index is 1.49. The smallest absolute Gasteiger partial charge is 0.336 e. The quantitative estimate of drug-likeness (QED) is 0.182. The minimum atomic E-state index is -1.24. The van der Waals surface area contributed by atoms with Crippen LogP contribution in [-0.4, -0.2) is 21.6 Å². The molecule has 0 saturated carbocycles. The highest BCUT2D eigenvalue weighted by atomic mass is 35.5. The molecular formula is C32H38ClFN2O4. The van der Waals surface area contributed by atoms with E-state index in [9.17, 15) is 23.9 Å². The van der Waals surface area contributed by atoms with Gasteiger partial charge in [0.2, 0.25) is 0 Å². The number of aryl methyl sites for hydroxylation is 1. The number of carbonyl (C=O) groups excluding carboxylic acids is 1. The summed E-state index contributed by atoms with van der Waals surface area (Å²) in [5.74, 6) is -2.26. The van der Waals surface area contributed by atoms with Crippen molar-refractivity contribution in [1.82, 2.24) is 9.88 Å². The lowest BCUT2D eigenvalue weighted by Crippen LogP contribution is -2.21.